The molecule has 0 rings (SSSR count). The van der Waals surface area contributed by atoms with Gasteiger partial charge in [-0.15, -0.1) is 0 Å². The lowest BCUT2D eigenvalue weighted by atomic mass is 9.99. The Bertz CT molecular complexity index is 1670. The van der Waals surface area contributed by atoms with Crippen molar-refractivity contribution in [1.29, 1.82) is 0 Å². The van der Waals surface area contributed by atoms with Crippen LogP contribution in [0.25, 0.3) is 0 Å². The van der Waals surface area contributed by atoms with Crippen molar-refractivity contribution in [2.45, 2.75) is 324 Å². The number of hydrogen-bond acceptors (Lipinski definition) is 15. The summed E-state index contributed by atoms with van der Waals surface area (Å²) in [4.78, 5) is 72.2. The van der Waals surface area contributed by atoms with Crippen LogP contribution in [0.4, 0.5) is 0 Å². The average Bonchev–Trinajstić information content (AvgIpc) is 3.45. The van der Waals surface area contributed by atoms with Gasteiger partial charge in [0.15, 0.2) is 12.2 Å². The van der Waals surface area contributed by atoms with Gasteiger partial charge in [-0.25, -0.2) is 9.13 Å². The van der Waals surface area contributed by atoms with E-state index in [-0.39, 0.29) is 25.7 Å². The lowest BCUT2D eigenvalue weighted by Gasteiger charge is -2.21. The highest BCUT2D eigenvalue weighted by atomic mass is 31.2. The van der Waals surface area contributed by atoms with E-state index in [2.05, 4.69) is 55.4 Å². The van der Waals surface area contributed by atoms with Crippen molar-refractivity contribution in [2.24, 2.45) is 23.7 Å². The fourth-order valence-corrected chi connectivity index (χ4v) is 10.9. The van der Waals surface area contributed by atoms with Gasteiger partial charge in [-0.3, -0.25) is 37.3 Å². The number of phosphoric ester groups is 2. The fraction of sp³-hybridized carbons (Fsp3) is 0.938. The summed E-state index contributed by atoms with van der Waals surface area (Å²) in [7, 11) is -9.89. The number of hydrogen-bond donors (Lipinski definition) is 3. The number of unbranched alkanes of at least 4 members (excludes halogenated alkanes) is 24. The molecule has 0 aliphatic heterocycles. The standard InChI is InChI=1S/C64H124O17P2/c1-9-55(6)41-33-25-16-14-12-13-15-17-30-38-46-63(68)80-59(50-74-61(66)44-36-28-22-19-26-34-42-56(7)10-2)52-78-82(70,71)76-48-58(65)49-77-83(72,73)79-53-60(81-64(69)47-39-31-21-18-24-32-40-54(4)5)51-75-62(67)45-37-29-23-20-27-35-43-57(8)11-3/h54-60,65H,9-53H2,1-8H3,(H,70,71)(H,72,73)/t55?,56?,57?,58-,59+,60+/m0/s1. The molecule has 8 atom stereocenters. The third-order valence-electron chi connectivity index (χ3n) is 15.7. The molecule has 5 unspecified atom stereocenters. The molecule has 3 N–H and O–H groups in total. The molecule has 0 saturated heterocycles. The van der Waals surface area contributed by atoms with Gasteiger partial charge < -0.3 is 33.8 Å². The minimum absolute atomic E-state index is 0.100. The zero-order chi connectivity index (χ0) is 61.8. The van der Waals surface area contributed by atoms with Gasteiger partial charge in [-0.2, -0.15) is 0 Å². The molecule has 0 bridgehead atoms. The predicted octanol–water partition coefficient (Wildman–Crippen LogP) is 17.4. The van der Waals surface area contributed by atoms with Crippen LogP contribution in [0.5, 0.6) is 0 Å². The Morgan fingerprint density at radius 2 is 0.578 bits per heavy atom. The van der Waals surface area contributed by atoms with E-state index < -0.39 is 97.5 Å². The van der Waals surface area contributed by atoms with Gasteiger partial charge in [0.25, 0.3) is 0 Å². The molecule has 17 nitrogen and oxygen atoms in total. The molecular weight excluding hydrogens is 1100 g/mol. The van der Waals surface area contributed by atoms with Crippen LogP contribution in [0.3, 0.4) is 0 Å². The normalized spacial score (nSPS) is 15.4. The summed E-state index contributed by atoms with van der Waals surface area (Å²) in [6.07, 6.45) is 33.6. The summed E-state index contributed by atoms with van der Waals surface area (Å²) in [6, 6.07) is 0. The molecule has 0 radical (unpaired) electrons. The minimum Gasteiger partial charge on any atom is -0.462 e. The van der Waals surface area contributed by atoms with Gasteiger partial charge in [-0.1, -0.05) is 254 Å². The number of aliphatic hydroxyl groups is 1. The number of aliphatic hydroxyl groups excluding tert-OH is 1. The fourth-order valence-electron chi connectivity index (χ4n) is 9.33. The Morgan fingerprint density at radius 3 is 0.855 bits per heavy atom. The highest BCUT2D eigenvalue weighted by molar-refractivity contribution is 7.47. The van der Waals surface area contributed by atoms with E-state index in [1.807, 2.05) is 0 Å². The Labute approximate surface area is 505 Å². The molecular formula is C64H124O17P2. The average molecular weight is 1230 g/mol. The van der Waals surface area contributed by atoms with Crippen molar-refractivity contribution >= 4 is 39.5 Å². The van der Waals surface area contributed by atoms with Gasteiger partial charge >= 0.3 is 39.5 Å². The number of rotatable bonds is 61. The maximum atomic E-state index is 13.0. The monoisotopic (exact) mass is 1230 g/mol. The van der Waals surface area contributed by atoms with Crippen LogP contribution >= 0.6 is 15.6 Å². The van der Waals surface area contributed by atoms with Crippen LogP contribution in [0, 0.1) is 23.7 Å². The van der Waals surface area contributed by atoms with Crippen LogP contribution in [0.15, 0.2) is 0 Å². The highest BCUT2D eigenvalue weighted by Gasteiger charge is 2.30. The topological polar surface area (TPSA) is 237 Å². The number of phosphoric acid groups is 2. The van der Waals surface area contributed by atoms with Crippen LogP contribution in [-0.4, -0.2) is 96.7 Å². The summed E-state index contributed by atoms with van der Waals surface area (Å²) in [6.45, 7) is 13.9. The summed E-state index contributed by atoms with van der Waals surface area (Å²) in [5.74, 6) is 0.790. The zero-order valence-electron chi connectivity index (χ0n) is 53.8. The van der Waals surface area contributed by atoms with Crippen LogP contribution < -0.4 is 0 Å². The third kappa shape index (κ3) is 55.1. The van der Waals surface area contributed by atoms with E-state index in [1.165, 1.54) is 96.3 Å². The first-order valence-corrected chi connectivity index (χ1v) is 36.3. The second-order valence-corrected chi connectivity index (χ2v) is 27.3. The van der Waals surface area contributed by atoms with E-state index in [4.69, 9.17) is 37.0 Å². The molecule has 0 heterocycles. The van der Waals surface area contributed by atoms with Gasteiger partial charge in [-0.05, 0) is 49.4 Å². The van der Waals surface area contributed by atoms with Crippen molar-refractivity contribution in [2.75, 3.05) is 39.6 Å². The molecule has 0 amide bonds. The van der Waals surface area contributed by atoms with Crippen LogP contribution in [0.1, 0.15) is 306 Å². The van der Waals surface area contributed by atoms with Crippen LogP contribution in [0.2, 0.25) is 0 Å². The molecule has 19 heteroatoms. The molecule has 0 fully saturated rings. The molecule has 0 saturated carbocycles. The lowest BCUT2D eigenvalue weighted by molar-refractivity contribution is -0.161. The zero-order valence-corrected chi connectivity index (χ0v) is 55.6. The van der Waals surface area contributed by atoms with Crippen molar-refractivity contribution < 1.29 is 80.2 Å². The third-order valence-corrected chi connectivity index (χ3v) is 17.6. The molecule has 0 aromatic carbocycles. The van der Waals surface area contributed by atoms with Gasteiger partial charge in [0.1, 0.15) is 19.3 Å². The molecule has 0 aromatic heterocycles. The lowest BCUT2D eigenvalue weighted by Crippen LogP contribution is -2.30. The van der Waals surface area contributed by atoms with E-state index >= 15 is 0 Å². The van der Waals surface area contributed by atoms with Crippen molar-refractivity contribution in [3.05, 3.63) is 0 Å². The second-order valence-electron chi connectivity index (χ2n) is 24.4. The van der Waals surface area contributed by atoms with Gasteiger partial charge in [0.2, 0.25) is 0 Å². The van der Waals surface area contributed by atoms with Gasteiger partial charge in [0, 0.05) is 25.7 Å². The summed E-state index contributed by atoms with van der Waals surface area (Å²) in [5.41, 5.74) is 0. The first kappa shape index (κ1) is 81.1. The summed E-state index contributed by atoms with van der Waals surface area (Å²) < 4.78 is 68.0. The number of carbonyl (C=O) groups excluding carboxylic acids is 4. The quantitative estimate of drug-likeness (QED) is 0.0222. The Morgan fingerprint density at radius 1 is 0.337 bits per heavy atom. The molecule has 0 aromatic rings. The Kier molecular flexibility index (Phi) is 53.0. The highest BCUT2D eigenvalue weighted by Crippen LogP contribution is 2.45. The molecule has 492 valence electrons. The summed E-state index contributed by atoms with van der Waals surface area (Å²) >= 11 is 0. The number of ether oxygens (including phenoxy) is 4. The maximum Gasteiger partial charge on any atom is 0.472 e. The summed E-state index contributed by atoms with van der Waals surface area (Å²) in [5, 5.41) is 10.5. The number of carbonyl (C=O) groups is 4. The number of esters is 4. The predicted molar refractivity (Wildman–Crippen MR) is 331 cm³/mol. The largest absolute Gasteiger partial charge is 0.472 e. The SMILES string of the molecule is CCC(C)CCCCCCCCCCCCC(=O)O[C@H](COC(=O)CCCCCCCCC(C)CC)COP(=O)(O)OC[C@H](O)COP(=O)(O)OC[C@@H](COC(=O)CCCCCCCCC(C)CC)OC(=O)CCCCCCCCC(C)C. The van der Waals surface area contributed by atoms with E-state index in [0.29, 0.717) is 31.6 Å². The molecule has 83 heavy (non-hydrogen) atoms. The molecule has 0 aliphatic carbocycles. The first-order chi connectivity index (χ1) is 39.7. The van der Waals surface area contributed by atoms with Gasteiger partial charge in [0.05, 0.1) is 26.4 Å². The Hall–Kier alpha value is -1.94. The second kappa shape index (κ2) is 54.2. The van der Waals surface area contributed by atoms with E-state index in [1.54, 1.807) is 0 Å². The smallest absolute Gasteiger partial charge is 0.462 e. The van der Waals surface area contributed by atoms with E-state index in [9.17, 15) is 43.2 Å². The molecule has 0 spiro atoms. The van der Waals surface area contributed by atoms with Crippen molar-refractivity contribution in [3.8, 4) is 0 Å². The maximum absolute atomic E-state index is 13.0. The van der Waals surface area contributed by atoms with E-state index in [0.717, 1.165) is 120 Å². The van der Waals surface area contributed by atoms with Crippen molar-refractivity contribution in [1.82, 2.24) is 0 Å². The van der Waals surface area contributed by atoms with Crippen LogP contribution in [-0.2, 0) is 65.4 Å². The first-order valence-electron chi connectivity index (χ1n) is 33.3. The molecule has 0 aliphatic rings. The van der Waals surface area contributed by atoms with Crippen molar-refractivity contribution in [3.63, 3.8) is 0 Å². The minimum atomic E-state index is -4.95. The Balaban J connectivity index is 5.26.